The van der Waals surface area contributed by atoms with E-state index in [4.69, 9.17) is 9.47 Å². The number of hydrogen-bond donors (Lipinski definition) is 1. The standard InChI is InChI=1S/C11H12BrNO3.ClH/c1-15-10-6-7(12)2-3-8(10)9-4-5-16-11(14)13-9;/h2-3,6,9H,4-5H2,1H3,(H,13,14);1H/t9-;/m0./s1. The van der Waals surface area contributed by atoms with Crippen molar-refractivity contribution in [2.24, 2.45) is 0 Å². The number of alkyl carbamates (subject to hydrolysis) is 1. The van der Waals surface area contributed by atoms with Crippen LogP contribution in [-0.4, -0.2) is 19.8 Å². The number of ether oxygens (including phenoxy) is 2. The molecule has 1 aliphatic rings. The minimum Gasteiger partial charge on any atom is -0.496 e. The Morgan fingerprint density at radius 1 is 1.53 bits per heavy atom. The van der Waals surface area contributed by atoms with Crippen LogP contribution in [0.15, 0.2) is 22.7 Å². The number of amides is 1. The van der Waals surface area contributed by atoms with Gasteiger partial charge in [-0.1, -0.05) is 22.0 Å². The normalized spacial score (nSPS) is 18.7. The van der Waals surface area contributed by atoms with E-state index >= 15 is 0 Å². The quantitative estimate of drug-likeness (QED) is 0.910. The van der Waals surface area contributed by atoms with Crippen LogP contribution in [-0.2, 0) is 4.74 Å². The number of carbonyl (C=O) groups is 1. The van der Waals surface area contributed by atoms with E-state index in [1.165, 1.54) is 0 Å². The van der Waals surface area contributed by atoms with Crippen LogP contribution in [0.25, 0.3) is 0 Å². The van der Waals surface area contributed by atoms with Crippen LogP contribution in [0, 0.1) is 0 Å². The molecule has 0 bridgehead atoms. The van der Waals surface area contributed by atoms with E-state index in [1.54, 1.807) is 7.11 Å². The molecule has 1 saturated heterocycles. The van der Waals surface area contributed by atoms with E-state index in [0.717, 1.165) is 22.2 Å². The summed E-state index contributed by atoms with van der Waals surface area (Å²) in [6.45, 7) is 0.440. The molecule has 94 valence electrons. The summed E-state index contributed by atoms with van der Waals surface area (Å²) in [4.78, 5) is 11.1. The molecule has 1 N–H and O–H groups in total. The van der Waals surface area contributed by atoms with Gasteiger partial charge in [0.2, 0.25) is 0 Å². The van der Waals surface area contributed by atoms with Gasteiger partial charge in [0, 0.05) is 16.5 Å². The Kier molecular flexibility index (Phi) is 5.08. The number of hydrogen-bond acceptors (Lipinski definition) is 3. The van der Waals surface area contributed by atoms with Gasteiger partial charge in [0.1, 0.15) is 5.75 Å². The molecule has 0 spiro atoms. The van der Waals surface area contributed by atoms with E-state index < -0.39 is 0 Å². The van der Waals surface area contributed by atoms with Crippen molar-refractivity contribution in [3.05, 3.63) is 28.2 Å². The largest absolute Gasteiger partial charge is 0.496 e. The fourth-order valence-corrected chi connectivity index (χ4v) is 2.07. The van der Waals surface area contributed by atoms with Crippen LogP contribution >= 0.6 is 28.3 Å². The van der Waals surface area contributed by atoms with Gasteiger partial charge in [-0.15, -0.1) is 12.4 Å². The first kappa shape index (κ1) is 14.1. The minimum absolute atomic E-state index is 0. The molecule has 1 heterocycles. The lowest BCUT2D eigenvalue weighted by Crippen LogP contribution is -2.35. The Morgan fingerprint density at radius 2 is 2.29 bits per heavy atom. The lowest BCUT2D eigenvalue weighted by molar-refractivity contribution is 0.115. The summed E-state index contributed by atoms with van der Waals surface area (Å²) >= 11 is 3.38. The fraction of sp³-hybridized carbons (Fsp3) is 0.364. The molecule has 6 heteroatoms. The van der Waals surface area contributed by atoms with Gasteiger partial charge in [0.05, 0.1) is 19.8 Å². The molecule has 1 amide bonds. The molecule has 2 rings (SSSR count). The Hall–Kier alpha value is -0.940. The predicted molar refractivity (Wildman–Crippen MR) is 69.8 cm³/mol. The third-order valence-electron chi connectivity index (χ3n) is 2.50. The van der Waals surface area contributed by atoms with Crippen LogP contribution < -0.4 is 10.1 Å². The average molecular weight is 323 g/mol. The van der Waals surface area contributed by atoms with Gasteiger partial charge in [-0.05, 0) is 12.1 Å². The fourth-order valence-electron chi connectivity index (χ4n) is 1.73. The van der Waals surface area contributed by atoms with Gasteiger partial charge in [0.25, 0.3) is 0 Å². The van der Waals surface area contributed by atoms with Crippen LogP contribution in [0.3, 0.4) is 0 Å². The van der Waals surface area contributed by atoms with Gasteiger partial charge < -0.3 is 14.8 Å². The van der Waals surface area contributed by atoms with Crippen molar-refractivity contribution >= 4 is 34.4 Å². The smallest absolute Gasteiger partial charge is 0.407 e. The van der Waals surface area contributed by atoms with E-state index in [-0.39, 0.29) is 24.5 Å². The van der Waals surface area contributed by atoms with Crippen molar-refractivity contribution in [2.75, 3.05) is 13.7 Å². The molecular weight excluding hydrogens is 309 g/mol. The Bertz CT molecular complexity index is 414. The number of methoxy groups -OCH3 is 1. The number of rotatable bonds is 2. The maximum absolute atomic E-state index is 11.1. The maximum Gasteiger partial charge on any atom is 0.407 e. The molecule has 0 saturated carbocycles. The summed E-state index contributed by atoms with van der Waals surface area (Å²) in [6.07, 6.45) is 0.380. The highest BCUT2D eigenvalue weighted by atomic mass is 79.9. The Labute approximate surface area is 114 Å². The Balaban J connectivity index is 0.00000144. The molecule has 1 atom stereocenters. The van der Waals surface area contributed by atoms with Crippen molar-refractivity contribution in [3.8, 4) is 5.75 Å². The first-order chi connectivity index (χ1) is 7.70. The molecule has 0 unspecified atom stereocenters. The van der Waals surface area contributed by atoms with Gasteiger partial charge in [-0.2, -0.15) is 0 Å². The highest BCUT2D eigenvalue weighted by Gasteiger charge is 2.23. The number of halogens is 2. The van der Waals surface area contributed by atoms with Gasteiger partial charge in [0.15, 0.2) is 0 Å². The van der Waals surface area contributed by atoms with Crippen molar-refractivity contribution in [2.45, 2.75) is 12.5 Å². The Morgan fingerprint density at radius 3 is 2.94 bits per heavy atom. The minimum atomic E-state index is -0.374. The molecule has 1 fully saturated rings. The molecule has 0 aliphatic carbocycles. The van der Waals surface area contributed by atoms with Crippen molar-refractivity contribution in [1.29, 1.82) is 0 Å². The summed E-state index contributed by atoms with van der Waals surface area (Å²) < 4.78 is 11.1. The lowest BCUT2D eigenvalue weighted by Gasteiger charge is -2.25. The van der Waals surface area contributed by atoms with E-state index in [9.17, 15) is 4.79 Å². The number of benzene rings is 1. The van der Waals surface area contributed by atoms with Gasteiger partial charge in [-0.3, -0.25) is 0 Å². The molecule has 1 aliphatic heterocycles. The highest BCUT2D eigenvalue weighted by Crippen LogP contribution is 2.31. The molecule has 0 aromatic heterocycles. The van der Waals surface area contributed by atoms with E-state index in [2.05, 4.69) is 21.2 Å². The van der Waals surface area contributed by atoms with Crippen LogP contribution in [0.1, 0.15) is 18.0 Å². The second-order valence-electron chi connectivity index (χ2n) is 3.51. The van der Waals surface area contributed by atoms with E-state index in [1.807, 2.05) is 18.2 Å². The molecule has 1 aromatic rings. The first-order valence-electron chi connectivity index (χ1n) is 4.97. The monoisotopic (exact) mass is 321 g/mol. The first-order valence-corrected chi connectivity index (χ1v) is 5.76. The summed E-state index contributed by atoms with van der Waals surface area (Å²) in [5, 5.41) is 2.77. The predicted octanol–water partition coefficient (Wildman–Crippen LogP) is 3.05. The summed E-state index contributed by atoms with van der Waals surface area (Å²) in [5.41, 5.74) is 0.974. The zero-order valence-corrected chi connectivity index (χ0v) is 11.6. The summed E-state index contributed by atoms with van der Waals surface area (Å²) in [5.74, 6) is 0.765. The third-order valence-corrected chi connectivity index (χ3v) is 3.00. The molecule has 17 heavy (non-hydrogen) atoms. The van der Waals surface area contributed by atoms with Crippen molar-refractivity contribution in [1.82, 2.24) is 5.32 Å². The second-order valence-corrected chi connectivity index (χ2v) is 4.42. The maximum atomic E-state index is 11.1. The van der Waals surface area contributed by atoms with Crippen LogP contribution in [0.2, 0.25) is 0 Å². The van der Waals surface area contributed by atoms with Crippen LogP contribution in [0.5, 0.6) is 5.75 Å². The summed E-state index contributed by atoms with van der Waals surface area (Å²) in [6, 6.07) is 5.72. The molecule has 0 radical (unpaired) electrons. The molecule has 4 nitrogen and oxygen atoms in total. The van der Waals surface area contributed by atoms with E-state index in [0.29, 0.717) is 6.61 Å². The number of cyclic esters (lactones) is 1. The SMILES string of the molecule is COc1cc(Br)ccc1[C@@H]1CCOC(=O)N1.Cl. The van der Waals surface area contributed by atoms with Crippen LogP contribution in [0.4, 0.5) is 4.79 Å². The topological polar surface area (TPSA) is 47.6 Å². The molecular formula is C11H13BrClNO3. The van der Waals surface area contributed by atoms with Crippen molar-refractivity contribution < 1.29 is 14.3 Å². The lowest BCUT2D eigenvalue weighted by atomic mass is 10.0. The van der Waals surface area contributed by atoms with Gasteiger partial charge >= 0.3 is 6.09 Å². The average Bonchev–Trinajstić information content (AvgIpc) is 2.28. The van der Waals surface area contributed by atoms with Gasteiger partial charge in [-0.25, -0.2) is 4.79 Å². The highest BCUT2D eigenvalue weighted by molar-refractivity contribution is 9.10. The number of carbonyl (C=O) groups excluding carboxylic acids is 1. The zero-order valence-electron chi connectivity index (χ0n) is 9.23. The zero-order chi connectivity index (χ0) is 11.5. The van der Waals surface area contributed by atoms with Crippen molar-refractivity contribution in [3.63, 3.8) is 0 Å². The third kappa shape index (κ3) is 3.26. The second kappa shape index (κ2) is 6.12. The molecule has 1 aromatic carbocycles. The summed E-state index contributed by atoms with van der Waals surface area (Å²) in [7, 11) is 1.62. The number of nitrogens with one attached hydrogen (secondary N) is 1.